The molecule has 0 saturated carbocycles. The highest BCUT2D eigenvalue weighted by molar-refractivity contribution is 7.89. The van der Waals surface area contributed by atoms with Crippen LogP contribution in [0.3, 0.4) is 0 Å². The number of carbonyl (C=O) groups excluding carboxylic acids is 1. The second kappa shape index (κ2) is 7.47. The van der Waals surface area contributed by atoms with Gasteiger partial charge in [-0.3, -0.25) is 9.36 Å². The van der Waals surface area contributed by atoms with Gasteiger partial charge in [-0.1, -0.05) is 13.8 Å². The molecule has 0 unspecified atom stereocenters. The zero-order chi connectivity index (χ0) is 19.8. The monoisotopic (exact) mass is 395 g/mol. The van der Waals surface area contributed by atoms with E-state index in [0.29, 0.717) is 25.0 Å². The van der Waals surface area contributed by atoms with Crippen molar-refractivity contribution in [2.75, 3.05) is 13.1 Å². The summed E-state index contributed by atoms with van der Waals surface area (Å²) in [5.74, 6) is -0.592. The number of amides is 1. The summed E-state index contributed by atoms with van der Waals surface area (Å²) >= 11 is 0. The second-order valence-electron chi connectivity index (χ2n) is 7.39. The summed E-state index contributed by atoms with van der Waals surface area (Å²) in [6.07, 6.45) is 2.30. The maximum absolute atomic E-state index is 12.9. The fraction of sp³-hybridized carbons (Fsp3) is 0.556. The van der Waals surface area contributed by atoms with Crippen molar-refractivity contribution < 1.29 is 17.6 Å². The van der Waals surface area contributed by atoms with Crippen LogP contribution in [0, 0.1) is 5.92 Å². The molecule has 3 rings (SSSR count). The molecule has 1 aliphatic rings. The van der Waals surface area contributed by atoms with Crippen molar-refractivity contribution in [1.82, 2.24) is 14.2 Å². The van der Waals surface area contributed by atoms with Crippen molar-refractivity contribution in [3.63, 3.8) is 0 Å². The van der Waals surface area contributed by atoms with Crippen molar-refractivity contribution in [2.45, 2.75) is 44.0 Å². The van der Waals surface area contributed by atoms with E-state index in [0.717, 1.165) is 12.8 Å². The van der Waals surface area contributed by atoms with Gasteiger partial charge in [0.2, 0.25) is 15.9 Å². The molecule has 148 valence electrons. The highest BCUT2D eigenvalue weighted by Crippen LogP contribution is 2.20. The minimum atomic E-state index is -3.94. The second-order valence-corrected chi connectivity index (χ2v) is 9.11. The Bertz CT molecular complexity index is 1000. The van der Waals surface area contributed by atoms with Crippen LogP contribution in [0.2, 0.25) is 0 Å². The van der Waals surface area contributed by atoms with Crippen LogP contribution in [0.15, 0.2) is 32.3 Å². The molecule has 1 aliphatic heterocycles. The third-order valence-electron chi connectivity index (χ3n) is 4.79. The number of fused-ring (bicyclic) bond motifs is 1. The van der Waals surface area contributed by atoms with E-state index in [1.165, 1.54) is 22.8 Å². The molecular formula is C18H25N3O5S. The molecule has 1 aromatic heterocycles. The van der Waals surface area contributed by atoms with Crippen LogP contribution in [-0.2, 0) is 21.9 Å². The van der Waals surface area contributed by atoms with Gasteiger partial charge in [0, 0.05) is 26.2 Å². The first kappa shape index (κ1) is 19.6. The van der Waals surface area contributed by atoms with Gasteiger partial charge in [-0.2, -0.15) is 4.72 Å². The molecule has 0 radical (unpaired) electrons. The van der Waals surface area contributed by atoms with Gasteiger partial charge in [-0.05, 0) is 37.3 Å². The van der Waals surface area contributed by atoms with Crippen LogP contribution in [-0.4, -0.2) is 42.9 Å². The zero-order valence-corrected chi connectivity index (χ0v) is 16.6. The van der Waals surface area contributed by atoms with Gasteiger partial charge < -0.3 is 9.32 Å². The van der Waals surface area contributed by atoms with E-state index in [4.69, 9.17) is 4.42 Å². The maximum atomic E-state index is 12.9. The van der Waals surface area contributed by atoms with Crippen LogP contribution in [0.1, 0.15) is 33.1 Å². The number of hydrogen-bond acceptors (Lipinski definition) is 5. The molecule has 0 aliphatic carbocycles. The molecule has 2 heterocycles. The lowest BCUT2D eigenvalue weighted by Crippen LogP contribution is -2.48. The Morgan fingerprint density at radius 2 is 1.93 bits per heavy atom. The summed E-state index contributed by atoms with van der Waals surface area (Å²) in [6.45, 7) is 5.22. The number of oxazole rings is 1. The van der Waals surface area contributed by atoms with Crippen molar-refractivity contribution in [3.8, 4) is 0 Å². The van der Waals surface area contributed by atoms with Gasteiger partial charge in [0.25, 0.3) is 0 Å². The summed E-state index contributed by atoms with van der Waals surface area (Å²) in [6, 6.07) is 3.43. The summed E-state index contributed by atoms with van der Waals surface area (Å²) in [5.41, 5.74) is 0.697. The average Bonchev–Trinajstić information content (AvgIpc) is 3.22. The fourth-order valence-corrected chi connectivity index (χ4v) is 4.58. The summed E-state index contributed by atoms with van der Waals surface area (Å²) in [4.78, 5) is 26.1. The first-order chi connectivity index (χ1) is 12.7. The zero-order valence-electron chi connectivity index (χ0n) is 15.8. The Balaban J connectivity index is 1.89. The predicted molar refractivity (Wildman–Crippen MR) is 101 cm³/mol. The van der Waals surface area contributed by atoms with Crippen LogP contribution >= 0.6 is 0 Å². The Hall–Kier alpha value is -2.13. The van der Waals surface area contributed by atoms with Gasteiger partial charge in [0.15, 0.2) is 5.58 Å². The first-order valence-electron chi connectivity index (χ1n) is 9.10. The number of aromatic nitrogens is 1. The molecule has 1 saturated heterocycles. The number of benzene rings is 1. The standard InChI is InChI=1S/C18H25N3O5S/c1-12(2)10-14(17(22)21-8-4-5-9-21)19-27(24,25)13-6-7-15-16(11-13)26-18(23)20(15)3/h6-7,11-12,14,19H,4-5,8-10H2,1-3H3/t14-/m0/s1. The SMILES string of the molecule is CC(C)C[C@H](NS(=O)(=O)c1ccc2c(c1)oc(=O)n2C)C(=O)N1CCCC1. The summed E-state index contributed by atoms with van der Waals surface area (Å²) in [5, 5.41) is 0. The minimum absolute atomic E-state index is 0.0349. The lowest BCUT2D eigenvalue weighted by molar-refractivity contribution is -0.132. The van der Waals surface area contributed by atoms with Crippen LogP contribution in [0.4, 0.5) is 0 Å². The molecule has 1 fully saturated rings. The smallest absolute Gasteiger partial charge is 0.408 e. The number of nitrogens with one attached hydrogen (secondary N) is 1. The van der Waals surface area contributed by atoms with Crippen LogP contribution in [0.25, 0.3) is 11.1 Å². The largest absolute Gasteiger partial charge is 0.419 e. The van der Waals surface area contributed by atoms with Crippen molar-refractivity contribution >= 4 is 27.0 Å². The van der Waals surface area contributed by atoms with E-state index in [1.807, 2.05) is 13.8 Å². The highest BCUT2D eigenvalue weighted by Gasteiger charge is 2.31. The van der Waals surface area contributed by atoms with E-state index in [2.05, 4.69) is 4.72 Å². The fourth-order valence-electron chi connectivity index (χ4n) is 3.37. The summed E-state index contributed by atoms with van der Waals surface area (Å²) in [7, 11) is -2.39. The minimum Gasteiger partial charge on any atom is -0.408 e. The highest BCUT2D eigenvalue weighted by atomic mass is 32.2. The van der Waals surface area contributed by atoms with E-state index in [1.54, 1.807) is 11.9 Å². The lowest BCUT2D eigenvalue weighted by atomic mass is 10.0. The Morgan fingerprint density at radius 1 is 1.26 bits per heavy atom. The van der Waals surface area contributed by atoms with Crippen LogP contribution in [0.5, 0.6) is 0 Å². The van der Waals surface area contributed by atoms with E-state index in [-0.39, 0.29) is 22.3 Å². The molecule has 1 amide bonds. The number of sulfonamides is 1. The number of rotatable bonds is 6. The summed E-state index contributed by atoms with van der Waals surface area (Å²) < 4.78 is 34.7. The molecule has 27 heavy (non-hydrogen) atoms. The maximum Gasteiger partial charge on any atom is 0.419 e. The van der Waals surface area contributed by atoms with Crippen molar-refractivity contribution in [3.05, 3.63) is 28.7 Å². The van der Waals surface area contributed by atoms with Gasteiger partial charge in [0.1, 0.15) is 6.04 Å². The predicted octanol–water partition coefficient (Wildman–Crippen LogP) is 1.45. The number of likely N-dealkylation sites (tertiary alicyclic amines) is 1. The van der Waals surface area contributed by atoms with Crippen LogP contribution < -0.4 is 10.5 Å². The molecule has 0 spiro atoms. The van der Waals surface area contributed by atoms with E-state index in [9.17, 15) is 18.0 Å². The quantitative estimate of drug-likeness (QED) is 0.798. The van der Waals surface area contributed by atoms with Gasteiger partial charge in [-0.25, -0.2) is 13.2 Å². The average molecular weight is 395 g/mol. The Morgan fingerprint density at radius 3 is 2.56 bits per heavy atom. The molecule has 1 aromatic carbocycles. The van der Waals surface area contributed by atoms with Crippen molar-refractivity contribution in [1.29, 1.82) is 0 Å². The van der Waals surface area contributed by atoms with Gasteiger partial charge in [0.05, 0.1) is 10.4 Å². The number of nitrogens with zero attached hydrogens (tertiary/aromatic N) is 2. The third kappa shape index (κ3) is 4.08. The molecule has 2 aromatic rings. The molecular weight excluding hydrogens is 370 g/mol. The number of carbonyl (C=O) groups is 1. The van der Waals surface area contributed by atoms with E-state index < -0.39 is 21.8 Å². The van der Waals surface area contributed by atoms with Gasteiger partial charge in [-0.15, -0.1) is 0 Å². The molecule has 1 atom stereocenters. The normalized spacial score (nSPS) is 16.4. The molecule has 8 nitrogen and oxygen atoms in total. The van der Waals surface area contributed by atoms with E-state index >= 15 is 0 Å². The Labute approximate surface area is 158 Å². The lowest BCUT2D eigenvalue weighted by Gasteiger charge is -2.25. The molecule has 9 heteroatoms. The topological polar surface area (TPSA) is 102 Å². The Kier molecular flexibility index (Phi) is 5.43. The van der Waals surface area contributed by atoms with Gasteiger partial charge >= 0.3 is 5.76 Å². The van der Waals surface area contributed by atoms with Crippen molar-refractivity contribution in [2.24, 2.45) is 13.0 Å². The molecule has 1 N–H and O–H groups in total. The number of hydrogen-bond donors (Lipinski definition) is 1. The molecule has 0 bridgehead atoms. The number of aryl methyl sites for hydroxylation is 1. The third-order valence-corrected chi connectivity index (χ3v) is 6.26. The first-order valence-corrected chi connectivity index (χ1v) is 10.6.